The maximum Gasteiger partial charge on any atom is 0.0534 e. The molecule has 1 atom stereocenters. The van der Waals surface area contributed by atoms with Crippen molar-refractivity contribution < 1.29 is 0 Å². The molecule has 0 saturated heterocycles. The lowest BCUT2D eigenvalue weighted by atomic mass is 9.85. The summed E-state index contributed by atoms with van der Waals surface area (Å²) < 4.78 is 1.85. The van der Waals surface area contributed by atoms with Gasteiger partial charge in [0.1, 0.15) is 0 Å². The van der Waals surface area contributed by atoms with Gasteiger partial charge in [-0.25, -0.2) is 0 Å². The first-order valence-corrected chi connectivity index (χ1v) is 7.93. The summed E-state index contributed by atoms with van der Waals surface area (Å²) in [4.78, 5) is 2.45. The molecule has 0 fully saturated rings. The molecule has 4 nitrogen and oxygen atoms in total. The highest BCUT2D eigenvalue weighted by atomic mass is 15.2. The average Bonchev–Trinajstić information content (AvgIpc) is 3.00. The zero-order valence-corrected chi connectivity index (χ0v) is 14.0. The van der Waals surface area contributed by atoms with E-state index in [1.54, 1.807) is 0 Å². The fraction of sp³-hybridized carbons (Fsp3) is 0.500. The van der Waals surface area contributed by atoms with Gasteiger partial charge in [0.05, 0.1) is 6.20 Å². The Morgan fingerprint density at radius 1 is 1.32 bits per heavy atom. The van der Waals surface area contributed by atoms with Crippen LogP contribution in [0.15, 0.2) is 30.6 Å². The Hall–Kier alpha value is -1.65. The number of fused-ring (bicyclic) bond motifs is 1. The number of nitrogens with zero attached hydrogens (tertiary/aromatic N) is 3. The van der Waals surface area contributed by atoms with E-state index in [0.717, 1.165) is 13.1 Å². The molecule has 1 unspecified atom stereocenters. The van der Waals surface area contributed by atoms with Gasteiger partial charge in [-0.2, -0.15) is 5.10 Å². The Morgan fingerprint density at radius 2 is 2.09 bits per heavy atom. The minimum atomic E-state index is 0.172. The molecule has 1 aromatic heterocycles. The van der Waals surface area contributed by atoms with Gasteiger partial charge < -0.3 is 5.73 Å². The molecular weight excluding hydrogens is 272 g/mol. The van der Waals surface area contributed by atoms with Crippen molar-refractivity contribution in [3.63, 3.8) is 0 Å². The molecule has 1 aromatic carbocycles. The first-order chi connectivity index (χ1) is 10.4. The third kappa shape index (κ3) is 2.81. The van der Waals surface area contributed by atoms with Crippen LogP contribution >= 0.6 is 0 Å². The molecule has 0 bridgehead atoms. The maximum absolute atomic E-state index is 6.09. The van der Waals surface area contributed by atoms with Gasteiger partial charge in [0.25, 0.3) is 0 Å². The second-order valence-electron chi connectivity index (χ2n) is 7.34. The summed E-state index contributed by atoms with van der Waals surface area (Å²) in [6.45, 7) is 9.30. The zero-order valence-electron chi connectivity index (χ0n) is 14.0. The number of hydrogen-bond donors (Lipinski definition) is 1. The normalized spacial score (nSPS) is 18.7. The van der Waals surface area contributed by atoms with E-state index in [9.17, 15) is 0 Å². The molecule has 2 N–H and O–H groups in total. The first-order valence-electron chi connectivity index (χ1n) is 7.93. The second kappa shape index (κ2) is 5.52. The molecule has 0 spiro atoms. The van der Waals surface area contributed by atoms with Crippen molar-refractivity contribution in [1.29, 1.82) is 0 Å². The predicted molar refractivity (Wildman–Crippen MR) is 89.4 cm³/mol. The lowest BCUT2D eigenvalue weighted by molar-refractivity contribution is 0.211. The molecule has 22 heavy (non-hydrogen) atoms. The van der Waals surface area contributed by atoms with Crippen LogP contribution in [0.3, 0.4) is 0 Å². The highest BCUT2D eigenvalue weighted by Gasteiger charge is 2.30. The van der Waals surface area contributed by atoms with Crippen molar-refractivity contribution in [3.8, 4) is 0 Å². The monoisotopic (exact) mass is 298 g/mol. The van der Waals surface area contributed by atoms with Crippen molar-refractivity contribution in [3.05, 3.63) is 52.8 Å². The van der Waals surface area contributed by atoms with Crippen LogP contribution in [0.2, 0.25) is 0 Å². The van der Waals surface area contributed by atoms with E-state index < -0.39 is 0 Å². The van der Waals surface area contributed by atoms with E-state index in [-0.39, 0.29) is 5.41 Å². The molecule has 0 saturated carbocycles. The van der Waals surface area contributed by atoms with E-state index >= 15 is 0 Å². The van der Waals surface area contributed by atoms with Crippen molar-refractivity contribution in [1.82, 2.24) is 14.7 Å². The van der Waals surface area contributed by atoms with Crippen molar-refractivity contribution in [2.24, 2.45) is 12.8 Å². The molecule has 0 amide bonds. The van der Waals surface area contributed by atoms with Gasteiger partial charge in [-0.05, 0) is 22.1 Å². The minimum absolute atomic E-state index is 0.172. The summed E-state index contributed by atoms with van der Waals surface area (Å²) >= 11 is 0. The van der Waals surface area contributed by atoms with Crippen LogP contribution in [0.25, 0.3) is 0 Å². The number of benzene rings is 1. The van der Waals surface area contributed by atoms with Gasteiger partial charge in [0.15, 0.2) is 0 Å². The molecule has 4 heteroatoms. The standard InChI is InChI=1S/C18H26N4/c1-18(2,3)15-6-5-14-12-22(17(8-19)16(14)7-15)11-13-9-20-21(4)10-13/h5-7,9-10,17H,8,11-12,19H2,1-4H3. The van der Waals surface area contributed by atoms with Gasteiger partial charge in [-0.1, -0.05) is 39.0 Å². The fourth-order valence-electron chi connectivity index (χ4n) is 3.27. The third-order valence-electron chi connectivity index (χ3n) is 4.55. The van der Waals surface area contributed by atoms with Crippen molar-refractivity contribution >= 4 is 0 Å². The van der Waals surface area contributed by atoms with E-state index in [0.29, 0.717) is 12.6 Å². The van der Waals surface area contributed by atoms with E-state index in [1.165, 1.54) is 22.3 Å². The van der Waals surface area contributed by atoms with Gasteiger partial charge in [-0.15, -0.1) is 0 Å². The van der Waals surface area contributed by atoms with E-state index in [1.807, 2.05) is 17.9 Å². The molecule has 1 aliphatic heterocycles. The Labute approximate surface area is 132 Å². The lowest BCUT2D eigenvalue weighted by Crippen LogP contribution is -2.27. The van der Waals surface area contributed by atoms with Crippen LogP contribution < -0.4 is 5.73 Å². The van der Waals surface area contributed by atoms with Gasteiger partial charge in [0.2, 0.25) is 0 Å². The molecule has 2 heterocycles. The van der Waals surface area contributed by atoms with Crippen molar-refractivity contribution in [2.75, 3.05) is 6.54 Å². The molecule has 0 radical (unpaired) electrons. The Morgan fingerprint density at radius 3 is 2.68 bits per heavy atom. The summed E-state index contributed by atoms with van der Waals surface area (Å²) in [5.41, 5.74) is 11.7. The maximum atomic E-state index is 6.09. The summed E-state index contributed by atoms with van der Waals surface area (Å²) in [7, 11) is 1.96. The molecule has 118 valence electrons. The quantitative estimate of drug-likeness (QED) is 0.948. The van der Waals surface area contributed by atoms with Crippen molar-refractivity contribution in [2.45, 2.75) is 45.3 Å². The molecule has 1 aliphatic rings. The molecular formula is C18H26N4. The van der Waals surface area contributed by atoms with Gasteiger partial charge in [0, 0.05) is 44.5 Å². The summed E-state index contributed by atoms with van der Waals surface area (Å²) in [6, 6.07) is 7.20. The van der Waals surface area contributed by atoms with Crippen LogP contribution in [0, 0.1) is 0 Å². The Balaban J connectivity index is 1.87. The average molecular weight is 298 g/mol. The van der Waals surface area contributed by atoms with Crippen LogP contribution in [0.1, 0.15) is 49.1 Å². The van der Waals surface area contributed by atoms with Gasteiger partial charge >= 0.3 is 0 Å². The topological polar surface area (TPSA) is 47.1 Å². The van der Waals surface area contributed by atoms with E-state index in [4.69, 9.17) is 5.73 Å². The molecule has 0 aliphatic carbocycles. The summed E-state index contributed by atoms with van der Waals surface area (Å²) in [6.07, 6.45) is 4.02. The fourth-order valence-corrected chi connectivity index (χ4v) is 3.27. The number of nitrogens with two attached hydrogens (primary N) is 1. The number of aromatic nitrogens is 2. The second-order valence-corrected chi connectivity index (χ2v) is 7.34. The highest BCUT2D eigenvalue weighted by molar-refractivity contribution is 5.40. The molecule has 2 aromatic rings. The number of rotatable bonds is 3. The SMILES string of the molecule is Cn1cc(CN2Cc3ccc(C(C)(C)C)cc3C2CN)cn1. The summed E-state index contributed by atoms with van der Waals surface area (Å²) in [5, 5.41) is 4.26. The van der Waals surface area contributed by atoms with Crippen LogP contribution in [-0.4, -0.2) is 21.2 Å². The Bertz CT molecular complexity index is 666. The van der Waals surface area contributed by atoms with Crippen LogP contribution in [-0.2, 0) is 25.6 Å². The smallest absolute Gasteiger partial charge is 0.0534 e. The molecule has 3 rings (SSSR count). The van der Waals surface area contributed by atoms with Crippen LogP contribution in [0.5, 0.6) is 0 Å². The number of hydrogen-bond acceptors (Lipinski definition) is 3. The lowest BCUT2D eigenvalue weighted by Gasteiger charge is -2.24. The highest BCUT2D eigenvalue weighted by Crippen LogP contribution is 2.36. The van der Waals surface area contributed by atoms with Crippen LogP contribution in [0.4, 0.5) is 0 Å². The van der Waals surface area contributed by atoms with E-state index in [2.05, 4.69) is 55.2 Å². The summed E-state index contributed by atoms with van der Waals surface area (Å²) in [5.74, 6) is 0. The predicted octanol–water partition coefficient (Wildman–Crippen LogP) is 2.73. The first kappa shape index (κ1) is 15.3. The minimum Gasteiger partial charge on any atom is -0.329 e. The number of aryl methyl sites for hydroxylation is 1. The zero-order chi connectivity index (χ0) is 15.9. The van der Waals surface area contributed by atoms with Gasteiger partial charge in [-0.3, -0.25) is 9.58 Å². The largest absolute Gasteiger partial charge is 0.329 e. The Kier molecular flexibility index (Phi) is 3.83. The third-order valence-corrected chi connectivity index (χ3v) is 4.55.